The molecule has 0 aliphatic carbocycles. The molecule has 0 aromatic carbocycles. The largest absolute Gasteiger partial charge is 0.394 e. The van der Waals surface area contributed by atoms with Crippen LogP contribution in [0.15, 0.2) is 134 Å². The van der Waals surface area contributed by atoms with Crippen molar-refractivity contribution in [1.82, 2.24) is 5.32 Å². The van der Waals surface area contributed by atoms with Crippen molar-refractivity contribution in [2.45, 2.75) is 362 Å². The van der Waals surface area contributed by atoms with Gasteiger partial charge in [0.1, 0.15) is 73.2 Å². The van der Waals surface area contributed by atoms with Crippen LogP contribution in [-0.2, 0) is 33.2 Å². The van der Waals surface area contributed by atoms with Gasteiger partial charge in [-0.15, -0.1) is 0 Å². The van der Waals surface area contributed by atoms with Gasteiger partial charge in [-0.25, -0.2) is 0 Å². The normalized spacial score (nSPS) is 26.8. The zero-order valence-corrected chi connectivity index (χ0v) is 63.0. The van der Waals surface area contributed by atoms with Crippen LogP contribution >= 0.6 is 0 Å². The van der Waals surface area contributed by atoms with Crippen LogP contribution < -0.4 is 5.32 Å². The molecule has 3 heterocycles. The highest BCUT2D eigenvalue weighted by atomic mass is 16.8. The van der Waals surface area contributed by atoms with E-state index in [-0.39, 0.29) is 18.9 Å². The maximum Gasteiger partial charge on any atom is 0.220 e. The highest BCUT2D eigenvalue weighted by molar-refractivity contribution is 5.76. The van der Waals surface area contributed by atoms with Gasteiger partial charge in [-0.05, 0) is 103 Å². The molecule has 103 heavy (non-hydrogen) atoms. The van der Waals surface area contributed by atoms with Crippen molar-refractivity contribution < 1.29 is 89.4 Å². The number of carbonyl (C=O) groups excluding carboxylic acids is 1. The standard InChI is InChI=1S/C84H141NO18/c1-3-5-7-9-11-13-15-17-19-21-23-25-27-28-29-30-31-32-33-34-35-36-37-38-40-42-44-46-48-50-52-54-56-58-60-62-72(90)85-67(68(89)61-59-57-55-53-51-49-47-45-43-41-39-26-24-22-20-18-16-14-12-10-8-6-4-2)66-98-82-78(96)75(93)80(70(64-87)100-82)103-84-79(97)76(94)81(71(65-88)101-84)102-83-77(95)74(92)73(91)69(63-86)99-83/h5,7,11,13,17,19,23,25,28-29,31-32,34-35,37-38,42,44,51,53,59,61,67-71,73-84,86-89,91-97H,3-4,6,8-10,12,14-16,18,20-22,24,26-27,30,33,36,39-41,43,45-50,52,54-58,60,62-66H2,1-2H3,(H,85,90)/b7-5-,13-11-,19-17-,25-23-,29-28-,32-31-,35-34-,38-37-,44-42-,53-51+,61-59+. The molecule has 19 nitrogen and oxygen atoms in total. The number of nitrogens with one attached hydrogen (secondary N) is 1. The van der Waals surface area contributed by atoms with E-state index in [4.69, 9.17) is 28.4 Å². The third-order valence-corrected chi connectivity index (χ3v) is 18.9. The Balaban J connectivity index is 1.40. The summed E-state index contributed by atoms with van der Waals surface area (Å²) in [5.41, 5.74) is 0. The number of hydrogen-bond donors (Lipinski definition) is 12. The first-order valence-electron chi connectivity index (χ1n) is 39.9. The monoisotopic (exact) mass is 1450 g/mol. The van der Waals surface area contributed by atoms with E-state index >= 15 is 0 Å². The minimum Gasteiger partial charge on any atom is -0.394 e. The number of allylic oxidation sites excluding steroid dienone is 21. The Labute approximate surface area is 620 Å². The summed E-state index contributed by atoms with van der Waals surface area (Å²) < 4.78 is 34.4. The SMILES string of the molecule is CC/C=C\C/C=C\C/C=C\C/C=C\C/C=C\C/C=C\C/C=C\C/C=C\C/C=C\CCCCCCCCCC(=O)NC(COC1OC(CO)C(OC2OC(CO)C(OC3OC(CO)C(O)C(O)C3O)C(O)C2O)C(O)C1O)C(O)/C=C/CC/C=C/CCCCCCCCCCCCCCCCCCC. The van der Waals surface area contributed by atoms with Crippen LogP contribution in [0.5, 0.6) is 0 Å². The van der Waals surface area contributed by atoms with E-state index < -0.39 is 124 Å². The van der Waals surface area contributed by atoms with Crippen molar-refractivity contribution in [2.24, 2.45) is 0 Å². The first-order chi connectivity index (χ1) is 50.3. The molecule has 3 aliphatic heterocycles. The van der Waals surface area contributed by atoms with E-state index in [1.54, 1.807) is 6.08 Å². The van der Waals surface area contributed by atoms with E-state index in [1.807, 2.05) is 6.08 Å². The average molecular weight is 1450 g/mol. The fourth-order valence-electron chi connectivity index (χ4n) is 12.6. The lowest BCUT2D eigenvalue weighted by Gasteiger charge is -2.48. The second-order valence-corrected chi connectivity index (χ2v) is 27.8. The summed E-state index contributed by atoms with van der Waals surface area (Å²) in [6.45, 7) is 1.60. The van der Waals surface area contributed by atoms with Gasteiger partial charge in [0.05, 0.1) is 38.6 Å². The zero-order chi connectivity index (χ0) is 74.6. The predicted octanol–water partition coefficient (Wildman–Crippen LogP) is 13.3. The van der Waals surface area contributed by atoms with Crippen LogP contribution in [0.1, 0.15) is 258 Å². The molecule has 17 atom stereocenters. The molecule has 12 N–H and O–H groups in total. The first-order valence-corrected chi connectivity index (χ1v) is 39.9. The van der Waals surface area contributed by atoms with E-state index in [2.05, 4.69) is 141 Å². The quantitative estimate of drug-likeness (QED) is 0.0199. The molecule has 17 unspecified atom stereocenters. The van der Waals surface area contributed by atoms with Crippen molar-refractivity contribution in [2.75, 3.05) is 26.4 Å². The summed E-state index contributed by atoms with van der Waals surface area (Å²) in [4.78, 5) is 13.5. The molecule has 3 aliphatic rings. The summed E-state index contributed by atoms with van der Waals surface area (Å²) in [6.07, 6.45) is 62.8. The fourth-order valence-corrected chi connectivity index (χ4v) is 12.6. The molecular weight excluding hydrogens is 1310 g/mol. The van der Waals surface area contributed by atoms with Crippen LogP contribution in [-0.4, -0.2) is 193 Å². The summed E-state index contributed by atoms with van der Waals surface area (Å²) in [7, 11) is 0. The van der Waals surface area contributed by atoms with Gasteiger partial charge in [0.2, 0.25) is 5.91 Å². The smallest absolute Gasteiger partial charge is 0.220 e. The van der Waals surface area contributed by atoms with Crippen LogP contribution in [0.3, 0.4) is 0 Å². The predicted molar refractivity (Wildman–Crippen MR) is 410 cm³/mol. The van der Waals surface area contributed by atoms with Gasteiger partial charge >= 0.3 is 0 Å². The molecule has 0 spiro atoms. The van der Waals surface area contributed by atoms with Crippen molar-refractivity contribution in [1.29, 1.82) is 0 Å². The van der Waals surface area contributed by atoms with Crippen molar-refractivity contribution >= 4 is 5.91 Å². The van der Waals surface area contributed by atoms with Gasteiger partial charge in [-0.2, -0.15) is 0 Å². The van der Waals surface area contributed by atoms with Crippen LogP contribution in [0.2, 0.25) is 0 Å². The van der Waals surface area contributed by atoms with Gasteiger partial charge in [-0.3, -0.25) is 4.79 Å². The second-order valence-electron chi connectivity index (χ2n) is 27.8. The number of unbranched alkanes of at least 4 members (excludes halogenated alkanes) is 25. The van der Waals surface area contributed by atoms with Crippen molar-refractivity contribution in [3.05, 3.63) is 134 Å². The molecule has 0 aromatic heterocycles. The Bertz CT molecular complexity index is 2380. The number of rotatable bonds is 61. The van der Waals surface area contributed by atoms with E-state index in [1.165, 1.54) is 103 Å². The number of carbonyl (C=O) groups is 1. The highest BCUT2D eigenvalue weighted by Gasteiger charge is 2.53. The van der Waals surface area contributed by atoms with Crippen LogP contribution in [0.25, 0.3) is 0 Å². The maximum atomic E-state index is 13.5. The van der Waals surface area contributed by atoms with Gasteiger partial charge in [0.15, 0.2) is 18.9 Å². The number of amides is 1. The lowest BCUT2D eigenvalue weighted by molar-refractivity contribution is -0.379. The van der Waals surface area contributed by atoms with Gasteiger partial charge in [0, 0.05) is 6.42 Å². The molecule has 1 amide bonds. The number of aliphatic hydroxyl groups is 11. The topological polar surface area (TPSA) is 307 Å². The van der Waals surface area contributed by atoms with Crippen molar-refractivity contribution in [3.63, 3.8) is 0 Å². The number of aliphatic hydroxyl groups excluding tert-OH is 11. The summed E-state index contributed by atoms with van der Waals surface area (Å²) in [6, 6.07) is -1.01. The van der Waals surface area contributed by atoms with Gasteiger partial charge in [0.25, 0.3) is 0 Å². The molecule has 3 rings (SSSR count). The average Bonchev–Trinajstić information content (AvgIpc) is 0.781. The van der Waals surface area contributed by atoms with Gasteiger partial charge in [-0.1, -0.05) is 282 Å². The Kier molecular flexibility index (Phi) is 56.9. The molecule has 19 heteroatoms. The summed E-state index contributed by atoms with van der Waals surface area (Å²) >= 11 is 0. The molecule has 0 radical (unpaired) electrons. The molecule has 0 bridgehead atoms. The number of ether oxygens (including phenoxy) is 6. The minimum absolute atomic E-state index is 0.214. The third-order valence-electron chi connectivity index (χ3n) is 18.9. The summed E-state index contributed by atoms with van der Waals surface area (Å²) in [5, 5.41) is 121. The zero-order valence-electron chi connectivity index (χ0n) is 63.0. The molecular formula is C84H141NO18. The third kappa shape index (κ3) is 42.9. The van der Waals surface area contributed by atoms with Crippen LogP contribution in [0.4, 0.5) is 0 Å². The Hall–Kier alpha value is -4.07. The summed E-state index contributed by atoms with van der Waals surface area (Å²) in [5.74, 6) is -0.301. The lowest BCUT2D eigenvalue weighted by atomic mass is 9.96. The Morgan fingerprint density at radius 1 is 0.359 bits per heavy atom. The molecule has 0 aromatic rings. The molecule has 0 saturated carbocycles. The van der Waals surface area contributed by atoms with Gasteiger partial charge < -0.3 is 89.9 Å². The molecule has 590 valence electrons. The van der Waals surface area contributed by atoms with Crippen molar-refractivity contribution in [3.8, 4) is 0 Å². The van der Waals surface area contributed by atoms with E-state index in [0.717, 1.165) is 122 Å². The molecule has 3 fully saturated rings. The first kappa shape index (κ1) is 93.1. The van der Waals surface area contributed by atoms with Crippen LogP contribution in [0, 0.1) is 0 Å². The van der Waals surface area contributed by atoms with E-state index in [0.29, 0.717) is 12.8 Å². The fraction of sp³-hybridized carbons (Fsp3) is 0.726. The minimum atomic E-state index is -1.99. The van der Waals surface area contributed by atoms with E-state index in [9.17, 15) is 61.0 Å². The second kappa shape index (κ2) is 62.9. The lowest BCUT2D eigenvalue weighted by Crippen LogP contribution is -2.66. The number of hydrogen-bond acceptors (Lipinski definition) is 18. The Morgan fingerprint density at radius 3 is 1.09 bits per heavy atom. The Morgan fingerprint density at radius 2 is 0.680 bits per heavy atom. The maximum absolute atomic E-state index is 13.5. The molecule has 3 saturated heterocycles. The highest BCUT2D eigenvalue weighted by Crippen LogP contribution is 2.33.